The summed E-state index contributed by atoms with van der Waals surface area (Å²) in [5, 5.41) is 2.96. The van der Waals surface area contributed by atoms with Crippen molar-refractivity contribution in [2.24, 2.45) is 5.92 Å². The molecule has 0 radical (unpaired) electrons. The molecule has 1 aromatic heterocycles. The average molecular weight is 753 g/mol. The number of hydrogen-bond acceptors (Lipinski definition) is 7. The van der Waals surface area contributed by atoms with E-state index in [1.165, 1.54) is 6.92 Å². The minimum absolute atomic E-state index is 0.0161. The van der Waals surface area contributed by atoms with Gasteiger partial charge in [0.25, 0.3) is 0 Å². The van der Waals surface area contributed by atoms with Crippen LogP contribution in [0.2, 0.25) is 25.7 Å². The van der Waals surface area contributed by atoms with Crippen LogP contribution in [0.5, 0.6) is 0 Å². The summed E-state index contributed by atoms with van der Waals surface area (Å²) >= 11 is -1.71. The van der Waals surface area contributed by atoms with Crippen LogP contribution in [-0.2, 0) is 37.1 Å². The highest BCUT2D eigenvalue weighted by molar-refractivity contribution is 7.90. The molecular formula is C34H53F5N4O5SSi. The monoisotopic (exact) mass is 752 g/mol. The van der Waals surface area contributed by atoms with Gasteiger partial charge < -0.3 is 28.6 Å². The predicted octanol–water partition coefficient (Wildman–Crippen LogP) is 7.57. The number of nitrogens with zero attached hydrogens (tertiary/aromatic N) is 2. The normalized spacial score (nSPS) is 20.3. The lowest BCUT2D eigenvalue weighted by molar-refractivity contribution is -0.227. The molecule has 1 heterocycles. The van der Waals surface area contributed by atoms with Gasteiger partial charge in [0.2, 0.25) is 11.8 Å². The summed E-state index contributed by atoms with van der Waals surface area (Å²) in [6.45, 7) is 15.0. The van der Waals surface area contributed by atoms with E-state index < -0.39 is 60.6 Å². The molecular weight excluding hydrogens is 700 g/mol. The van der Waals surface area contributed by atoms with E-state index >= 15 is 0 Å². The molecule has 2 fully saturated rings. The van der Waals surface area contributed by atoms with Crippen LogP contribution >= 0.6 is 0 Å². The summed E-state index contributed by atoms with van der Waals surface area (Å²) in [5.41, 5.74) is 1.75. The Balaban J connectivity index is 1.70. The molecule has 0 bridgehead atoms. The first-order chi connectivity index (χ1) is 23.0. The number of aromatic nitrogens is 2. The molecule has 1 aromatic carbocycles. The van der Waals surface area contributed by atoms with Gasteiger partial charge in [0, 0.05) is 45.3 Å². The van der Waals surface area contributed by atoms with Crippen molar-refractivity contribution in [1.29, 1.82) is 0 Å². The number of nitrogens with one attached hydrogen (secondary N) is 2. The minimum atomic E-state index is -4.61. The summed E-state index contributed by atoms with van der Waals surface area (Å²) < 4.78 is 103. The predicted molar refractivity (Wildman–Crippen MR) is 186 cm³/mol. The topological polar surface area (TPSA) is 110 Å². The largest absolute Gasteiger partial charge is 0.598 e. The first kappa shape index (κ1) is 40.9. The van der Waals surface area contributed by atoms with E-state index in [4.69, 9.17) is 19.2 Å². The molecule has 5 atom stereocenters. The fourth-order valence-corrected chi connectivity index (χ4v) is 7.19. The maximum absolute atomic E-state index is 13.6. The van der Waals surface area contributed by atoms with Crippen molar-refractivity contribution in [2.75, 3.05) is 13.2 Å². The number of amides is 1. The zero-order chi connectivity index (χ0) is 37.2. The van der Waals surface area contributed by atoms with Crippen LogP contribution in [0.15, 0.2) is 18.2 Å². The maximum Gasteiger partial charge on any atom is 0.414 e. The van der Waals surface area contributed by atoms with E-state index in [1.807, 2.05) is 6.07 Å². The summed E-state index contributed by atoms with van der Waals surface area (Å²) in [5.74, 6) is -3.18. The number of carbonyl (C=O) groups excluding carboxylic acids is 1. The van der Waals surface area contributed by atoms with Gasteiger partial charge in [0.05, 0.1) is 35.9 Å². The first-order valence-electron chi connectivity index (χ1n) is 17.3. The number of imidazole rings is 1. The standard InChI is InChI=1S/C34H53F5N4O5SSi/c1-21(48-22(2)34(37,38)39)30(42-49(45)32(3,4)5)31-41-26-16-24(9-12-28(26)43(31)20-46-13-14-50(6,7)8)27(19-47-25-10-11-25)40-29(44)15-23-17-33(35,36)18-23/h9,12,16,21-23,25,27,30,42H,10-11,13-15,17-20H2,1-8H3,(H,40,44)/t21-,22-,27-,30+,49-/m1/s1. The van der Waals surface area contributed by atoms with Crippen LogP contribution in [0.25, 0.3) is 11.0 Å². The Hall–Kier alpha value is -1.82. The van der Waals surface area contributed by atoms with Gasteiger partial charge in [-0.15, -0.1) is 4.72 Å². The van der Waals surface area contributed by atoms with E-state index in [-0.39, 0.29) is 56.4 Å². The number of fused-ring (bicyclic) bond motifs is 1. The number of halogens is 5. The van der Waals surface area contributed by atoms with Crippen LogP contribution in [0.1, 0.15) is 90.2 Å². The van der Waals surface area contributed by atoms with Crippen LogP contribution in [-0.4, -0.2) is 76.5 Å². The molecule has 0 saturated heterocycles. The highest BCUT2D eigenvalue weighted by Gasteiger charge is 2.46. The fourth-order valence-electron chi connectivity index (χ4n) is 5.55. The quantitative estimate of drug-likeness (QED) is 0.0700. The van der Waals surface area contributed by atoms with Crippen molar-refractivity contribution < 1.29 is 45.5 Å². The maximum atomic E-state index is 13.6. The molecule has 4 rings (SSSR count). The number of rotatable bonds is 18. The second-order valence-electron chi connectivity index (χ2n) is 16.0. The number of ether oxygens (including phenoxy) is 3. The number of carbonyl (C=O) groups is 1. The Kier molecular flexibility index (Phi) is 13.1. The summed E-state index contributed by atoms with van der Waals surface area (Å²) in [6, 6.07) is 4.65. The molecule has 2 aliphatic rings. The van der Waals surface area contributed by atoms with Gasteiger partial charge in [-0.3, -0.25) is 4.79 Å². The molecule has 9 nitrogen and oxygen atoms in total. The SMILES string of the molecule is C[C@@H](O[C@H](C)C(F)(F)F)[C@H](N[S@+]([O-])C(C)(C)C)c1nc2cc([C@@H](COC3CC3)NC(=O)CC3CC(F)(F)C3)ccc2n1COCC[Si](C)(C)C. The van der Waals surface area contributed by atoms with E-state index in [1.54, 1.807) is 37.5 Å². The van der Waals surface area contributed by atoms with Crippen molar-refractivity contribution in [2.45, 2.75) is 146 Å². The van der Waals surface area contributed by atoms with Crippen molar-refractivity contribution in [1.82, 2.24) is 19.6 Å². The highest BCUT2D eigenvalue weighted by atomic mass is 32.2. The van der Waals surface area contributed by atoms with Gasteiger partial charge in [-0.25, -0.2) is 13.8 Å². The smallest absolute Gasteiger partial charge is 0.414 e. The average Bonchev–Trinajstić information content (AvgIpc) is 3.73. The molecule has 0 unspecified atom stereocenters. The lowest BCUT2D eigenvalue weighted by atomic mass is 9.79. The molecule has 0 spiro atoms. The van der Waals surface area contributed by atoms with E-state index in [0.29, 0.717) is 23.2 Å². The molecule has 1 amide bonds. The summed E-state index contributed by atoms with van der Waals surface area (Å²) in [4.78, 5) is 17.9. The van der Waals surface area contributed by atoms with Gasteiger partial charge in [-0.1, -0.05) is 25.7 Å². The lowest BCUT2D eigenvalue weighted by Gasteiger charge is -2.34. The number of benzene rings is 1. The van der Waals surface area contributed by atoms with E-state index in [2.05, 4.69) is 29.7 Å². The van der Waals surface area contributed by atoms with Crippen molar-refractivity contribution in [3.8, 4) is 0 Å². The molecule has 50 heavy (non-hydrogen) atoms. The number of alkyl halides is 5. The van der Waals surface area contributed by atoms with Crippen molar-refractivity contribution in [3.05, 3.63) is 29.6 Å². The van der Waals surface area contributed by atoms with Crippen LogP contribution in [0, 0.1) is 5.92 Å². The minimum Gasteiger partial charge on any atom is -0.598 e. The summed E-state index contributed by atoms with van der Waals surface area (Å²) in [7, 11) is -1.44. The van der Waals surface area contributed by atoms with Crippen molar-refractivity contribution >= 4 is 36.4 Å². The first-order valence-corrected chi connectivity index (χ1v) is 22.1. The van der Waals surface area contributed by atoms with Crippen LogP contribution in [0.4, 0.5) is 22.0 Å². The number of hydrogen-bond donors (Lipinski definition) is 2. The zero-order valence-electron chi connectivity index (χ0n) is 30.3. The van der Waals surface area contributed by atoms with Gasteiger partial charge in [-0.05, 0) is 77.1 Å². The Morgan fingerprint density at radius 3 is 2.38 bits per heavy atom. The third-order valence-electron chi connectivity index (χ3n) is 8.85. The molecule has 2 aromatic rings. The third-order valence-corrected chi connectivity index (χ3v) is 12.1. The van der Waals surface area contributed by atoms with Crippen LogP contribution in [0.3, 0.4) is 0 Å². The molecule has 284 valence electrons. The zero-order valence-corrected chi connectivity index (χ0v) is 32.1. The Morgan fingerprint density at radius 1 is 1.16 bits per heavy atom. The van der Waals surface area contributed by atoms with Crippen LogP contribution < -0.4 is 10.0 Å². The van der Waals surface area contributed by atoms with Gasteiger partial charge in [0.1, 0.15) is 23.3 Å². The lowest BCUT2D eigenvalue weighted by Crippen LogP contribution is -2.47. The van der Waals surface area contributed by atoms with E-state index in [9.17, 15) is 31.3 Å². The second kappa shape index (κ2) is 16.0. The van der Waals surface area contributed by atoms with Gasteiger partial charge in [-0.2, -0.15) is 13.2 Å². The Bertz CT molecular complexity index is 1440. The molecule has 2 N–H and O–H groups in total. The van der Waals surface area contributed by atoms with E-state index in [0.717, 1.165) is 25.8 Å². The molecule has 2 saturated carbocycles. The highest BCUT2D eigenvalue weighted by Crippen LogP contribution is 2.44. The van der Waals surface area contributed by atoms with Crippen molar-refractivity contribution in [3.63, 3.8) is 0 Å². The second-order valence-corrected chi connectivity index (χ2v) is 23.6. The molecule has 2 aliphatic carbocycles. The Labute approximate surface area is 296 Å². The molecule has 16 heteroatoms. The van der Waals surface area contributed by atoms with Gasteiger partial charge in [0.15, 0.2) is 6.10 Å². The molecule has 0 aliphatic heterocycles. The summed E-state index contributed by atoms with van der Waals surface area (Å²) in [6.07, 6.45) is -6.53. The Morgan fingerprint density at radius 2 is 1.82 bits per heavy atom. The third kappa shape index (κ3) is 11.9. The van der Waals surface area contributed by atoms with Gasteiger partial charge >= 0.3 is 6.18 Å². The fraction of sp³-hybridized carbons (Fsp3) is 0.765.